The second kappa shape index (κ2) is 5.47. The molecule has 0 aliphatic heterocycles. The largest absolute Gasteiger partial charge is 0.423 e. The van der Waals surface area contributed by atoms with Gasteiger partial charge in [-0.05, 0) is 18.2 Å². The van der Waals surface area contributed by atoms with Gasteiger partial charge in [-0.1, -0.05) is 32.0 Å². The summed E-state index contributed by atoms with van der Waals surface area (Å²) in [6.45, 7) is 5.48. The van der Waals surface area contributed by atoms with Gasteiger partial charge in [-0.15, -0.1) is 0 Å². The Bertz CT molecular complexity index is 684. The van der Waals surface area contributed by atoms with Crippen molar-refractivity contribution < 1.29 is 27.2 Å². The molecule has 0 amide bonds. The molecule has 0 aliphatic carbocycles. The predicted molar refractivity (Wildman–Crippen MR) is 71.6 cm³/mol. The molecule has 0 fully saturated rings. The molecule has 0 spiro atoms. The van der Waals surface area contributed by atoms with Crippen molar-refractivity contribution in [1.29, 1.82) is 0 Å². The van der Waals surface area contributed by atoms with Crippen molar-refractivity contribution in [1.82, 2.24) is 5.16 Å². The van der Waals surface area contributed by atoms with Gasteiger partial charge >= 0.3 is 12.1 Å². The predicted octanol–water partition coefficient (Wildman–Crippen LogP) is 4.21. The van der Waals surface area contributed by atoms with Gasteiger partial charge in [0.15, 0.2) is 0 Å². The Morgan fingerprint density at radius 2 is 1.91 bits per heavy atom. The van der Waals surface area contributed by atoms with Crippen LogP contribution in [0.5, 0.6) is 5.75 Å². The van der Waals surface area contributed by atoms with Gasteiger partial charge in [0.05, 0.1) is 5.56 Å². The van der Waals surface area contributed by atoms with Gasteiger partial charge in [-0.25, -0.2) is 4.79 Å². The minimum absolute atomic E-state index is 0.0879. The van der Waals surface area contributed by atoms with Crippen LogP contribution in [0.4, 0.5) is 13.2 Å². The zero-order chi connectivity index (χ0) is 16.5. The van der Waals surface area contributed by atoms with Gasteiger partial charge in [0, 0.05) is 5.41 Å². The number of alkyl halides is 3. The molecule has 0 saturated heterocycles. The summed E-state index contributed by atoms with van der Waals surface area (Å²) in [7, 11) is 0. The Hall–Kier alpha value is -2.31. The van der Waals surface area contributed by atoms with E-state index in [0.29, 0.717) is 5.69 Å². The van der Waals surface area contributed by atoms with Gasteiger partial charge in [-0.2, -0.15) is 13.2 Å². The minimum atomic E-state index is -4.50. The Labute approximate surface area is 124 Å². The number of carbonyl (C=O) groups excluding carboxylic acids is 1. The maximum Gasteiger partial charge on any atom is 0.416 e. The van der Waals surface area contributed by atoms with Gasteiger partial charge in [0.1, 0.15) is 23.3 Å². The number of halogens is 3. The molecule has 1 aromatic carbocycles. The lowest BCUT2D eigenvalue weighted by atomic mass is 9.89. The van der Waals surface area contributed by atoms with Crippen LogP contribution in [0.1, 0.15) is 42.4 Å². The highest BCUT2D eigenvalue weighted by atomic mass is 19.4. The summed E-state index contributed by atoms with van der Waals surface area (Å²) in [5.41, 5.74) is -0.886. The minimum Gasteiger partial charge on any atom is -0.423 e. The van der Waals surface area contributed by atoms with E-state index in [1.807, 2.05) is 20.8 Å². The Morgan fingerprint density at radius 3 is 2.50 bits per heavy atom. The van der Waals surface area contributed by atoms with Crippen LogP contribution in [-0.2, 0) is 11.6 Å². The van der Waals surface area contributed by atoms with E-state index in [4.69, 9.17) is 9.26 Å². The third kappa shape index (κ3) is 3.47. The van der Waals surface area contributed by atoms with E-state index in [2.05, 4.69) is 5.16 Å². The van der Waals surface area contributed by atoms with Crippen molar-refractivity contribution in [3.8, 4) is 5.75 Å². The normalized spacial score (nSPS) is 12.3. The third-order valence-electron chi connectivity index (χ3n) is 2.87. The molecule has 0 saturated carbocycles. The molecule has 0 atom stereocenters. The summed E-state index contributed by atoms with van der Waals surface area (Å²) in [6, 6.07) is 4.11. The number of esters is 1. The second-order valence-electron chi connectivity index (χ2n) is 5.74. The molecule has 0 unspecified atom stereocenters. The number of ether oxygens (including phenoxy) is 1. The monoisotopic (exact) mass is 313 g/mol. The van der Waals surface area contributed by atoms with Crippen molar-refractivity contribution in [3.63, 3.8) is 0 Å². The number of aromatic nitrogens is 1. The van der Waals surface area contributed by atoms with Crippen molar-refractivity contribution in [2.24, 2.45) is 0 Å². The molecule has 7 heteroatoms. The van der Waals surface area contributed by atoms with Gasteiger partial charge in [-0.3, -0.25) is 0 Å². The number of carbonyl (C=O) groups is 1. The Morgan fingerprint density at radius 1 is 1.23 bits per heavy atom. The van der Waals surface area contributed by atoms with Crippen LogP contribution in [0.15, 0.2) is 35.1 Å². The maximum absolute atomic E-state index is 12.6. The molecule has 0 radical (unpaired) electrons. The molecule has 2 aromatic rings. The number of benzene rings is 1. The fourth-order valence-corrected chi connectivity index (χ4v) is 1.82. The maximum atomic E-state index is 12.6. The molecule has 118 valence electrons. The van der Waals surface area contributed by atoms with Crippen LogP contribution in [0.3, 0.4) is 0 Å². The molecular weight excluding hydrogens is 299 g/mol. The Balaban J connectivity index is 2.25. The average Bonchev–Trinajstić information content (AvgIpc) is 2.87. The van der Waals surface area contributed by atoms with Crippen LogP contribution in [0, 0.1) is 0 Å². The van der Waals surface area contributed by atoms with Crippen molar-refractivity contribution in [2.75, 3.05) is 0 Å². The molecule has 2 rings (SSSR count). The zero-order valence-electron chi connectivity index (χ0n) is 12.2. The molecule has 0 N–H and O–H groups in total. The average molecular weight is 313 g/mol. The molecule has 1 aromatic heterocycles. The first-order valence-corrected chi connectivity index (χ1v) is 6.43. The zero-order valence-corrected chi connectivity index (χ0v) is 12.2. The molecule has 4 nitrogen and oxygen atoms in total. The molecule has 0 bridgehead atoms. The highest BCUT2D eigenvalue weighted by Crippen LogP contribution is 2.32. The van der Waals surface area contributed by atoms with Crippen LogP contribution in [0.2, 0.25) is 0 Å². The first-order valence-electron chi connectivity index (χ1n) is 6.43. The molecular formula is C15H14F3NO3. The van der Waals surface area contributed by atoms with Crippen molar-refractivity contribution >= 4 is 5.97 Å². The summed E-state index contributed by atoms with van der Waals surface area (Å²) < 4.78 is 47.7. The van der Waals surface area contributed by atoms with Crippen LogP contribution in [0.25, 0.3) is 0 Å². The molecule has 0 aliphatic rings. The highest BCUT2D eigenvalue weighted by Gasteiger charge is 2.31. The van der Waals surface area contributed by atoms with E-state index in [0.717, 1.165) is 18.4 Å². The Kier molecular flexibility index (Phi) is 4.00. The summed E-state index contributed by atoms with van der Waals surface area (Å²) in [5.74, 6) is -1.01. The van der Waals surface area contributed by atoms with Gasteiger partial charge < -0.3 is 9.26 Å². The van der Waals surface area contributed by atoms with Crippen LogP contribution in [-0.4, -0.2) is 11.1 Å². The van der Waals surface area contributed by atoms with Gasteiger partial charge in [0.2, 0.25) is 0 Å². The van der Waals surface area contributed by atoms with E-state index in [9.17, 15) is 18.0 Å². The standard InChI is InChI=1S/C15H14F3NO3/c1-14(2,3)12-11(8-21-19-12)13(20)22-10-6-4-5-9(7-10)15(16,17)18/h4-8H,1-3H3. The fraction of sp³-hybridized carbons (Fsp3) is 0.333. The van der Waals surface area contributed by atoms with Gasteiger partial charge in [0.25, 0.3) is 0 Å². The summed E-state index contributed by atoms with van der Waals surface area (Å²) in [5, 5.41) is 3.75. The SMILES string of the molecule is CC(C)(C)c1nocc1C(=O)Oc1cccc(C(F)(F)F)c1. The lowest BCUT2D eigenvalue weighted by Crippen LogP contribution is -2.19. The first kappa shape index (κ1) is 16.1. The number of hydrogen-bond acceptors (Lipinski definition) is 4. The van der Waals surface area contributed by atoms with Crippen LogP contribution < -0.4 is 4.74 Å². The van der Waals surface area contributed by atoms with E-state index >= 15 is 0 Å². The first-order chi connectivity index (χ1) is 10.1. The topological polar surface area (TPSA) is 52.3 Å². The highest BCUT2D eigenvalue weighted by molar-refractivity contribution is 5.92. The van der Waals surface area contributed by atoms with E-state index < -0.39 is 23.1 Å². The van der Waals surface area contributed by atoms with Crippen molar-refractivity contribution in [2.45, 2.75) is 32.4 Å². The summed E-state index contributed by atoms with van der Waals surface area (Å²) in [4.78, 5) is 12.1. The van der Waals surface area contributed by atoms with E-state index in [-0.39, 0.29) is 11.3 Å². The molecule has 22 heavy (non-hydrogen) atoms. The summed E-state index contributed by atoms with van der Waals surface area (Å²) in [6.07, 6.45) is -3.38. The van der Waals surface area contributed by atoms with Crippen molar-refractivity contribution in [3.05, 3.63) is 47.3 Å². The quantitative estimate of drug-likeness (QED) is 0.615. The fourth-order valence-electron chi connectivity index (χ4n) is 1.82. The number of rotatable bonds is 2. The molecule has 1 heterocycles. The smallest absolute Gasteiger partial charge is 0.416 e. The lowest BCUT2D eigenvalue weighted by Gasteiger charge is -2.15. The lowest BCUT2D eigenvalue weighted by molar-refractivity contribution is -0.137. The van der Waals surface area contributed by atoms with Crippen LogP contribution >= 0.6 is 0 Å². The number of hydrogen-bond donors (Lipinski definition) is 0. The third-order valence-corrected chi connectivity index (χ3v) is 2.87. The number of nitrogens with zero attached hydrogens (tertiary/aromatic N) is 1. The summed E-state index contributed by atoms with van der Waals surface area (Å²) >= 11 is 0. The second-order valence-corrected chi connectivity index (χ2v) is 5.74. The van der Waals surface area contributed by atoms with E-state index in [1.54, 1.807) is 0 Å². The van der Waals surface area contributed by atoms with E-state index in [1.165, 1.54) is 12.1 Å².